The molecule has 0 radical (unpaired) electrons. The molecule has 1 heterocycles. The normalized spacial score (nSPS) is 12.3. The van der Waals surface area contributed by atoms with Crippen LogP contribution in [0.5, 0.6) is 11.5 Å². The van der Waals surface area contributed by atoms with Crippen LogP contribution in [0.25, 0.3) is 0 Å². The smallest absolute Gasteiger partial charge is 0.224 e. The van der Waals surface area contributed by atoms with Gasteiger partial charge in [-0.3, -0.25) is 15.0 Å². The van der Waals surface area contributed by atoms with Crippen LogP contribution in [0.4, 0.5) is 5.69 Å². The molecule has 0 fully saturated rings. The van der Waals surface area contributed by atoms with E-state index in [2.05, 4.69) is 5.32 Å². The summed E-state index contributed by atoms with van der Waals surface area (Å²) >= 11 is 0. The Morgan fingerprint density at radius 3 is 2.44 bits per heavy atom. The molecule has 0 spiro atoms. The van der Waals surface area contributed by atoms with Gasteiger partial charge in [-0.25, -0.2) is 0 Å². The average Bonchev–Trinajstić information content (AvgIpc) is 3.15. The van der Waals surface area contributed by atoms with E-state index in [-0.39, 0.29) is 59.5 Å². The summed E-state index contributed by atoms with van der Waals surface area (Å²) in [5.41, 5.74) is 4.03. The number of hydrogen-bond acceptors (Lipinski definition) is 7. The average molecular weight is 601 g/mol. The van der Waals surface area contributed by atoms with E-state index in [0.29, 0.717) is 41.3 Å². The Labute approximate surface area is 241 Å². The first-order valence-corrected chi connectivity index (χ1v) is 12.6. The SMILES string of the molecule is Br.CCOc1cc2c(cc1CC(=O)NC)C(=N)N(CC(=O)c1cc(N(C)C)c(OCC#N)c(C(C)(C)C)c1)C2. The number of benzene rings is 2. The van der Waals surface area contributed by atoms with Gasteiger partial charge in [-0.1, -0.05) is 20.8 Å². The van der Waals surface area contributed by atoms with E-state index in [1.165, 1.54) is 0 Å². The zero-order chi connectivity index (χ0) is 28.2. The summed E-state index contributed by atoms with van der Waals surface area (Å²) in [6.07, 6.45) is 0.147. The molecule has 1 amide bonds. The number of carbonyl (C=O) groups excluding carboxylic acids is 2. The molecule has 0 unspecified atom stereocenters. The summed E-state index contributed by atoms with van der Waals surface area (Å²) in [6, 6.07) is 9.34. The maximum atomic E-state index is 13.6. The summed E-state index contributed by atoms with van der Waals surface area (Å²) in [5.74, 6) is 1.19. The van der Waals surface area contributed by atoms with Crippen molar-refractivity contribution in [3.8, 4) is 17.6 Å². The van der Waals surface area contributed by atoms with E-state index >= 15 is 0 Å². The standard InChI is InChI=1S/C29H37N5O4.BrH/c1-8-37-25-14-20-16-34(28(31)21(20)11-19(25)15-26(36)32-5)17-24(35)18-12-22(29(2,3)4)27(38-10-9-30)23(13-18)33(6)7;/h11-14,31H,8,10,15-17H2,1-7H3,(H,32,36);1H. The number of nitrogens with zero attached hydrogens (tertiary/aromatic N) is 3. The molecule has 2 N–H and O–H groups in total. The highest BCUT2D eigenvalue weighted by atomic mass is 79.9. The third-order valence-electron chi connectivity index (χ3n) is 6.45. The van der Waals surface area contributed by atoms with Gasteiger partial charge < -0.3 is 24.6 Å². The second-order valence-electron chi connectivity index (χ2n) is 10.5. The van der Waals surface area contributed by atoms with Crippen LogP contribution in [0.3, 0.4) is 0 Å². The second-order valence-corrected chi connectivity index (χ2v) is 10.5. The lowest BCUT2D eigenvalue weighted by Gasteiger charge is -2.28. The Balaban J connectivity index is 0.00000533. The zero-order valence-corrected chi connectivity index (χ0v) is 25.4. The molecule has 10 heteroatoms. The van der Waals surface area contributed by atoms with Crippen LogP contribution in [0.2, 0.25) is 0 Å². The number of carbonyl (C=O) groups is 2. The summed E-state index contributed by atoms with van der Waals surface area (Å²) in [4.78, 5) is 29.2. The number of halogens is 1. The fourth-order valence-electron chi connectivity index (χ4n) is 4.48. The van der Waals surface area contributed by atoms with Gasteiger partial charge in [0.1, 0.15) is 23.4 Å². The van der Waals surface area contributed by atoms with Crippen LogP contribution in [0.15, 0.2) is 24.3 Å². The number of hydrogen-bond donors (Lipinski definition) is 2. The monoisotopic (exact) mass is 599 g/mol. The maximum Gasteiger partial charge on any atom is 0.224 e. The number of fused-ring (bicyclic) bond motifs is 1. The Hall–Kier alpha value is -3.58. The number of rotatable bonds is 10. The molecule has 1 aliphatic rings. The lowest BCUT2D eigenvalue weighted by molar-refractivity contribution is -0.119. The van der Waals surface area contributed by atoms with Crippen molar-refractivity contribution >= 4 is 40.2 Å². The van der Waals surface area contributed by atoms with E-state index in [4.69, 9.17) is 20.1 Å². The third-order valence-corrected chi connectivity index (χ3v) is 6.45. The van der Waals surface area contributed by atoms with E-state index in [0.717, 1.165) is 16.8 Å². The summed E-state index contributed by atoms with van der Waals surface area (Å²) < 4.78 is 11.6. The maximum absolute atomic E-state index is 13.6. The van der Waals surface area contributed by atoms with Gasteiger partial charge in [-0.15, -0.1) is 17.0 Å². The fraction of sp³-hybridized carbons (Fsp3) is 0.448. The van der Waals surface area contributed by atoms with Gasteiger partial charge >= 0.3 is 0 Å². The van der Waals surface area contributed by atoms with Crippen LogP contribution < -0.4 is 19.7 Å². The van der Waals surface area contributed by atoms with Crippen molar-refractivity contribution in [3.05, 3.63) is 52.1 Å². The highest BCUT2D eigenvalue weighted by Gasteiger charge is 2.30. The molecular weight excluding hydrogens is 562 g/mol. The van der Waals surface area contributed by atoms with Crippen molar-refractivity contribution in [3.63, 3.8) is 0 Å². The number of nitriles is 1. The van der Waals surface area contributed by atoms with Crippen LogP contribution >= 0.6 is 17.0 Å². The molecule has 9 nitrogen and oxygen atoms in total. The fourth-order valence-corrected chi connectivity index (χ4v) is 4.48. The predicted molar refractivity (Wildman–Crippen MR) is 158 cm³/mol. The van der Waals surface area contributed by atoms with Crippen LogP contribution in [0, 0.1) is 16.7 Å². The molecule has 0 aliphatic carbocycles. The van der Waals surface area contributed by atoms with Crippen molar-refractivity contribution in [2.24, 2.45) is 0 Å². The molecule has 3 rings (SSSR count). The molecule has 0 bridgehead atoms. The molecular formula is C29H38BrN5O4. The minimum absolute atomic E-state index is 0. The lowest BCUT2D eigenvalue weighted by atomic mass is 9.84. The minimum atomic E-state index is -0.334. The quantitative estimate of drug-likeness (QED) is 0.392. The van der Waals surface area contributed by atoms with Gasteiger partial charge in [0.2, 0.25) is 5.91 Å². The first-order chi connectivity index (χ1) is 17.9. The Morgan fingerprint density at radius 1 is 1.18 bits per heavy atom. The van der Waals surface area contributed by atoms with Gasteiger partial charge in [0, 0.05) is 49.9 Å². The number of ketones is 1. The van der Waals surface area contributed by atoms with Crippen molar-refractivity contribution in [1.82, 2.24) is 10.2 Å². The van der Waals surface area contributed by atoms with E-state index in [1.54, 1.807) is 18.0 Å². The summed E-state index contributed by atoms with van der Waals surface area (Å²) in [6.45, 7) is 8.78. The third kappa shape index (κ3) is 7.09. The molecule has 0 aromatic heterocycles. The zero-order valence-electron chi connectivity index (χ0n) is 23.7. The predicted octanol–water partition coefficient (Wildman–Crippen LogP) is 4.24. The van der Waals surface area contributed by atoms with Crippen molar-refractivity contribution < 1.29 is 19.1 Å². The lowest BCUT2D eigenvalue weighted by Crippen LogP contribution is -2.30. The Kier molecular flexibility index (Phi) is 10.5. The Morgan fingerprint density at radius 2 is 1.87 bits per heavy atom. The molecule has 0 saturated carbocycles. The van der Waals surface area contributed by atoms with Gasteiger partial charge in [-0.2, -0.15) is 5.26 Å². The second kappa shape index (κ2) is 13.0. The van der Waals surface area contributed by atoms with E-state index < -0.39 is 0 Å². The molecule has 2 aromatic rings. The highest BCUT2D eigenvalue weighted by Crippen LogP contribution is 2.40. The molecule has 0 saturated heterocycles. The number of likely N-dealkylation sites (N-methyl/N-ethyl adjacent to an activating group) is 1. The van der Waals surface area contributed by atoms with Crippen molar-refractivity contribution in [2.75, 3.05) is 45.8 Å². The van der Waals surface area contributed by atoms with E-state index in [1.807, 2.05) is 71.0 Å². The largest absolute Gasteiger partial charge is 0.494 e. The molecule has 39 heavy (non-hydrogen) atoms. The number of anilines is 1. The number of amides is 1. The highest BCUT2D eigenvalue weighted by molar-refractivity contribution is 8.93. The van der Waals surface area contributed by atoms with Crippen LogP contribution in [0.1, 0.15) is 60.3 Å². The van der Waals surface area contributed by atoms with Gasteiger partial charge in [-0.05, 0) is 42.2 Å². The number of nitrogens with one attached hydrogen (secondary N) is 2. The van der Waals surface area contributed by atoms with Crippen molar-refractivity contribution in [2.45, 2.75) is 46.1 Å². The van der Waals surface area contributed by atoms with Gasteiger partial charge in [0.25, 0.3) is 0 Å². The first-order valence-electron chi connectivity index (χ1n) is 12.6. The summed E-state index contributed by atoms with van der Waals surface area (Å²) in [5, 5.41) is 20.5. The van der Waals surface area contributed by atoms with E-state index in [9.17, 15) is 9.59 Å². The molecule has 210 valence electrons. The molecule has 0 atom stereocenters. The van der Waals surface area contributed by atoms with Crippen LogP contribution in [-0.4, -0.2) is 63.3 Å². The molecule has 2 aromatic carbocycles. The van der Waals surface area contributed by atoms with Gasteiger partial charge in [0.15, 0.2) is 12.4 Å². The number of ether oxygens (including phenoxy) is 2. The van der Waals surface area contributed by atoms with Crippen molar-refractivity contribution in [1.29, 1.82) is 10.7 Å². The summed E-state index contributed by atoms with van der Waals surface area (Å²) in [7, 11) is 5.32. The minimum Gasteiger partial charge on any atom is -0.494 e. The Bertz CT molecular complexity index is 1290. The topological polar surface area (TPSA) is 119 Å². The molecule has 1 aliphatic heterocycles. The number of Topliss-reactive ketones (excluding diaryl/α,β-unsaturated/α-hetero) is 1. The first kappa shape index (κ1) is 31.6. The number of amidine groups is 1. The van der Waals surface area contributed by atoms with Crippen LogP contribution in [-0.2, 0) is 23.2 Å². The van der Waals surface area contributed by atoms with Gasteiger partial charge in [0.05, 0.1) is 25.3 Å².